The highest BCUT2D eigenvalue weighted by molar-refractivity contribution is 9.10. The van der Waals surface area contributed by atoms with Crippen LogP contribution in [0.15, 0.2) is 22.7 Å². The van der Waals surface area contributed by atoms with Gasteiger partial charge in [0.05, 0.1) is 0 Å². The molecule has 2 aromatic rings. The molecular weight excluding hydrogens is 346 g/mol. The van der Waals surface area contributed by atoms with Gasteiger partial charge in [0.2, 0.25) is 5.13 Å². The van der Waals surface area contributed by atoms with Gasteiger partial charge in [-0.1, -0.05) is 47.2 Å². The molecule has 0 radical (unpaired) electrons. The van der Waals surface area contributed by atoms with Crippen LogP contribution in [-0.2, 0) is 19.3 Å². The summed E-state index contributed by atoms with van der Waals surface area (Å²) in [6.45, 7) is 4.43. The molecule has 0 saturated heterocycles. The normalized spacial score (nSPS) is 17.8. The minimum Gasteiger partial charge on any atom is -0.357 e. The molecule has 1 heterocycles. The molecule has 1 aliphatic carbocycles. The predicted molar refractivity (Wildman–Crippen MR) is 92.0 cm³/mol. The van der Waals surface area contributed by atoms with Gasteiger partial charge in [-0.05, 0) is 48.4 Å². The van der Waals surface area contributed by atoms with Gasteiger partial charge in [-0.25, -0.2) is 0 Å². The third-order valence-corrected chi connectivity index (χ3v) is 5.14. The van der Waals surface area contributed by atoms with Crippen LogP contribution in [0.1, 0.15) is 36.4 Å². The first-order chi connectivity index (χ1) is 10.1. The van der Waals surface area contributed by atoms with Crippen molar-refractivity contribution >= 4 is 32.4 Å². The lowest BCUT2D eigenvalue weighted by Crippen LogP contribution is -2.27. The number of halogens is 1. The van der Waals surface area contributed by atoms with Crippen molar-refractivity contribution in [1.29, 1.82) is 0 Å². The first kappa shape index (κ1) is 15.0. The Morgan fingerprint density at radius 2 is 2.19 bits per heavy atom. The molecular formula is C16H20BrN3S. The Morgan fingerprint density at radius 1 is 1.33 bits per heavy atom. The van der Waals surface area contributed by atoms with Crippen LogP contribution in [0.5, 0.6) is 0 Å². The van der Waals surface area contributed by atoms with Crippen molar-refractivity contribution in [1.82, 2.24) is 10.2 Å². The Hall–Kier alpha value is -0.940. The van der Waals surface area contributed by atoms with Crippen LogP contribution >= 0.6 is 27.3 Å². The zero-order valence-corrected chi connectivity index (χ0v) is 14.8. The van der Waals surface area contributed by atoms with Crippen molar-refractivity contribution in [3.63, 3.8) is 0 Å². The van der Waals surface area contributed by atoms with Crippen molar-refractivity contribution in [3.05, 3.63) is 38.8 Å². The second-order valence-electron chi connectivity index (χ2n) is 6.10. The quantitative estimate of drug-likeness (QED) is 0.868. The van der Waals surface area contributed by atoms with Crippen LogP contribution in [-0.4, -0.2) is 16.2 Å². The van der Waals surface area contributed by atoms with E-state index in [2.05, 4.69) is 63.5 Å². The molecule has 1 aromatic carbocycles. The molecule has 3 rings (SSSR count). The lowest BCUT2D eigenvalue weighted by Gasteiger charge is -2.25. The van der Waals surface area contributed by atoms with Crippen molar-refractivity contribution in [2.45, 2.75) is 45.6 Å². The fourth-order valence-electron chi connectivity index (χ4n) is 2.77. The molecule has 5 heteroatoms. The summed E-state index contributed by atoms with van der Waals surface area (Å²) in [5.41, 5.74) is 2.93. The van der Waals surface area contributed by atoms with Crippen LogP contribution in [0.25, 0.3) is 0 Å². The first-order valence-electron chi connectivity index (χ1n) is 7.46. The van der Waals surface area contributed by atoms with E-state index >= 15 is 0 Å². The van der Waals surface area contributed by atoms with Gasteiger partial charge < -0.3 is 5.32 Å². The van der Waals surface area contributed by atoms with E-state index in [0.717, 1.165) is 35.8 Å². The van der Waals surface area contributed by atoms with E-state index in [1.54, 1.807) is 11.3 Å². The van der Waals surface area contributed by atoms with Gasteiger partial charge in [0, 0.05) is 16.9 Å². The molecule has 3 nitrogen and oxygen atoms in total. The molecule has 1 atom stereocenters. The fourth-order valence-corrected chi connectivity index (χ4v) is 4.20. The topological polar surface area (TPSA) is 37.8 Å². The predicted octanol–water partition coefficient (Wildman–Crippen LogP) is 4.47. The summed E-state index contributed by atoms with van der Waals surface area (Å²) in [5, 5.41) is 14.2. The first-order valence-corrected chi connectivity index (χ1v) is 9.07. The molecule has 21 heavy (non-hydrogen) atoms. The minimum atomic E-state index is 0.471. The minimum absolute atomic E-state index is 0.471. The molecule has 0 saturated carbocycles. The maximum absolute atomic E-state index is 4.28. The van der Waals surface area contributed by atoms with Crippen molar-refractivity contribution in [3.8, 4) is 0 Å². The zero-order chi connectivity index (χ0) is 14.8. The van der Waals surface area contributed by atoms with Crippen LogP contribution in [0.3, 0.4) is 0 Å². The van der Waals surface area contributed by atoms with Crippen LogP contribution < -0.4 is 5.32 Å². The Morgan fingerprint density at radius 3 is 3.00 bits per heavy atom. The Balaban J connectivity index is 1.64. The van der Waals surface area contributed by atoms with Gasteiger partial charge in [-0.15, -0.1) is 10.2 Å². The number of fused-ring (bicyclic) bond motifs is 1. The standard InChI is InChI=1S/C16H20BrN3S/c1-10(2)7-15-19-20-16(21-15)18-14-6-4-11-8-13(17)5-3-12(11)9-14/h3,5,8,10,14H,4,6-7,9H2,1-2H3,(H,18,20). The van der Waals surface area contributed by atoms with E-state index in [1.165, 1.54) is 15.6 Å². The van der Waals surface area contributed by atoms with E-state index in [9.17, 15) is 0 Å². The number of nitrogens with zero attached hydrogens (tertiary/aromatic N) is 2. The van der Waals surface area contributed by atoms with Gasteiger partial charge in [0.1, 0.15) is 5.01 Å². The van der Waals surface area contributed by atoms with Crippen molar-refractivity contribution in [2.75, 3.05) is 5.32 Å². The molecule has 112 valence electrons. The lowest BCUT2D eigenvalue weighted by atomic mass is 9.88. The van der Waals surface area contributed by atoms with Crippen molar-refractivity contribution in [2.24, 2.45) is 5.92 Å². The molecule has 0 bridgehead atoms. The largest absolute Gasteiger partial charge is 0.357 e. The molecule has 0 amide bonds. The molecule has 1 aliphatic rings. The van der Waals surface area contributed by atoms with Gasteiger partial charge in [-0.3, -0.25) is 0 Å². The van der Waals surface area contributed by atoms with Crippen LogP contribution in [0.2, 0.25) is 0 Å². The van der Waals surface area contributed by atoms with Crippen molar-refractivity contribution < 1.29 is 0 Å². The third kappa shape index (κ3) is 3.83. The van der Waals surface area contributed by atoms with E-state index in [4.69, 9.17) is 0 Å². The van der Waals surface area contributed by atoms with Crippen LogP contribution in [0.4, 0.5) is 5.13 Å². The Bertz CT molecular complexity index is 624. The van der Waals surface area contributed by atoms with E-state index in [-0.39, 0.29) is 0 Å². The highest BCUT2D eigenvalue weighted by Gasteiger charge is 2.20. The second kappa shape index (κ2) is 6.44. The van der Waals surface area contributed by atoms with Gasteiger partial charge in [-0.2, -0.15) is 0 Å². The Kier molecular flexibility index (Phi) is 4.60. The third-order valence-electron chi connectivity index (χ3n) is 3.77. The average Bonchev–Trinajstić information content (AvgIpc) is 2.85. The summed E-state index contributed by atoms with van der Waals surface area (Å²) in [4.78, 5) is 0. The average molecular weight is 366 g/mol. The SMILES string of the molecule is CC(C)Cc1nnc(NC2CCc3cc(Br)ccc3C2)s1. The molecule has 1 aromatic heterocycles. The van der Waals surface area contributed by atoms with E-state index in [0.29, 0.717) is 12.0 Å². The number of aryl methyl sites for hydroxylation is 1. The molecule has 1 N–H and O–H groups in total. The number of hydrogen-bond acceptors (Lipinski definition) is 4. The highest BCUT2D eigenvalue weighted by Crippen LogP contribution is 2.27. The van der Waals surface area contributed by atoms with Gasteiger partial charge in [0.15, 0.2) is 0 Å². The van der Waals surface area contributed by atoms with Gasteiger partial charge >= 0.3 is 0 Å². The summed E-state index contributed by atoms with van der Waals surface area (Å²) in [6.07, 6.45) is 4.37. The summed E-state index contributed by atoms with van der Waals surface area (Å²) < 4.78 is 1.18. The molecule has 0 spiro atoms. The summed E-state index contributed by atoms with van der Waals surface area (Å²) in [7, 11) is 0. The summed E-state index contributed by atoms with van der Waals surface area (Å²) in [6, 6.07) is 7.08. The Labute approximate surface area is 138 Å². The number of nitrogens with one attached hydrogen (secondary N) is 1. The maximum atomic E-state index is 4.28. The molecule has 1 unspecified atom stereocenters. The zero-order valence-electron chi connectivity index (χ0n) is 12.4. The summed E-state index contributed by atoms with van der Waals surface area (Å²) in [5.74, 6) is 0.630. The highest BCUT2D eigenvalue weighted by atomic mass is 79.9. The second-order valence-corrected chi connectivity index (χ2v) is 8.07. The maximum Gasteiger partial charge on any atom is 0.205 e. The number of hydrogen-bond donors (Lipinski definition) is 1. The number of rotatable bonds is 4. The van der Waals surface area contributed by atoms with Crippen LogP contribution in [0, 0.1) is 5.92 Å². The summed E-state index contributed by atoms with van der Waals surface area (Å²) >= 11 is 5.25. The monoisotopic (exact) mass is 365 g/mol. The number of benzene rings is 1. The molecule has 0 fully saturated rings. The number of aromatic nitrogens is 2. The fraction of sp³-hybridized carbons (Fsp3) is 0.500. The van der Waals surface area contributed by atoms with Gasteiger partial charge in [0.25, 0.3) is 0 Å². The lowest BCUT2D eigenvalue weighted by molar-refractivity contribution is 0.609. The molecule has 0 aliphatic heterocycles. The smallest absolute Gasteiger partial charge is 0.205 e. The van der Waals surface area contributed by atoms with E-state index < -0.39 is 0 Å². The van der Waals surface area contributed by atoms with E-state index in [1.807, 2.05) is 0 Å². The number of anilines is 1.